The lowest BCUT2D eigenvalue weighted by Crippen LogP contribution is -2.20. The average Bonchev–Trinajstić information content (AvgIpc) is 2.80. The molecule has 0 bridgehead atoms. The molecule has 3 rings (SSSR count). The van der Waals surface area contributed by atoms with Gasteiger partial charge < -0.3 is 15.4 Å². The van der Waals surface area contributed by atoms with Crippen LogP contribution in [-0.4, -0.2) is 18.4 Å². The maximum Gasteiger partial charge on any atom is 0.266 e. The second-order valence-electron chi connectivity index (χ2n) is 6.66. The SMILES string of the molecule is N#CC(=Cc1ccc(OCC(=O)Nc2ccc(F)cc2)c(Cl)c1)C(=O)Nc1ccc(F)cc1. The first-order chi connectivity index (χ1) is 15.8. The van der Waals surface area contributed by atoms with Gasteiger partial charge in [0.1, 0.15) is 29.0 Å². The van der Waals surface area contributed by atoms with Crippen molar-refractivity contribution in [2.45, 2.75) is 0 Å². The van der Waals surface area contributed by atoms with Gasteiger partial charge in [0, 0.05) is 11.4 Å². The van der Waals surface area contributed by atoms with Crippen molar-refractivity contribution < 1.29 is 23.1 Å². The van der Waals surface area contributed by atoms with Gasteiger partial charge >= 0.3 is 0 Å². The van der Waals surface area contributed by atoms with Crippen LogP contribution in [0.5, 0.6) is 5.75 Å². The lowest BCUT2D eigenvalue weighted by atomic mass is 10.1. The molecule has 2 amide bonds. The molecular formula is C24H16ClF2N3O3. The van der Waals surface area contributed by atoms with Gasteiger partial charge in [-0.15, -0.1) is 0 Å². The summed E-state index contributed by atoms with van der Waals surface area (Å²) in [5, 5.41) is 14.5. The molecule has 9 heteroatoms. The zero-order chi connectivity index (χ0) is 23.8. The van der Waals surface area contributed by atoms with Crippen LogP contribution in [0.2, 0.25) is 5.02 Å². The highest BCUT2D eigenvalue weighted by molar-refractivity contribution is 6.32. The van der Waals surface area contributed by atoms with E-state index in [1.807, 2.05) is 6.07 Å². The van der Waals surface area contributed by atoms with Crippen LogP contribution in [0, 0.1) is 23.0 Å². The molecule has 33 heavy (non-hydrogen) atoms. The first kappa shape index (κ1) is 23.4. The lowest BCUT2D eigenvalue weighted by Gasteiger charge is -2.09. The van der Waals surface area contributed by atoms with E-state index in [0.717, 1.165) is 0 Å². The van der Waals surface area contributed by atoms with Crippen LogP contribution in [-0.2, 0) is 9.59 Å². The molecule has 0 aromatic heterocycles. The number of carbonyl (C=O) groups excluding carboxylic acids is 2. The summed E-state index contributed by atoms with van der Waals surface area (Å²) in [7, 11) is 0. The molecule has 0 radical (unpaired) electrons. The van der Waals surface area contributed by atoms with Crippen LogP contribution in [0.15, 0.2) is 72.3 Å². The number of amides is 2. The number of nitrogens with zero attached hydrogens (tertiary/aromatic N) is 1. The Bertz CT molecular complexity index is 1240. The van der Waals surface area contributed by atoms with E-state index in [-0.39, 0.29) is 23.0 Å². The molecule has 0 aliphatic rings. The highest BCUT2D eigenvalue weighted by Crippen LogP contribution is 2.26. The molecule has 0 unspecified atom stereocenters. The van der Waals surface area contributed by atoms with Gasteiger partial charge in [0.05, 0.1) is 5.02 Å². The second kappa shape index (κ2) is 10.9. The standard InChI is InChI=1S/C24H16ClF2N3O3/c25-21-12-15(11-16(13-28)24(32)30-20-8-4-18(27)5-9-20)1-10-22(21)33-14-23(31)29-19-6-2-17(26)3-7-19/h1-12H,14H2,(H,29,31)(H,30,32). The summed E-state index contributed by atoms with van der Waals surface area (Å²) in [5.74, 6) is -1.78. The number of anilines is 2. The van der Waals surface area contributed by atoms with Crippen LogP contribution < -0.4 is 15.4 Å². The fraction of sp³-hybridized carbons (Fsp3) is 0.0417. The Labute approximate surface area is 193 Å². The third kappa shape index (κ3) is 6.89. The highest BCUT2D eigenvalue weighted by Gasteiger charge is 2.11. The van der Waals surface area contributed by atoms with Gasteiger partial charge in [0.25, 0.3) is 11.8 Å². The topological polar surface area (TPSA) is 91.2 Å². The summed E-state index contributed by atoms with van der Waals surface area (Å²) in [6.45, 7) is -0.337. The first-order valence-electron chi connectivity index (χ1n) is 9.50. The Morgan fingerprint density at radius 1 is 0.939 bits per heavy atom. The Balaban J connectivity index is 1.62. The van der Waals surface area contributed by atoms with Crippen molar-refractivity contribution in [3.63, 3.8) is 0 Å². The van der Waals surface area contributed by atoms with Gasteiger partial charge in [-0.05, 0) is 72.3 Å². The normalized spacial score (nSPS) is 10.8. The molecule has 0 heterocycles. The maximum atomic E-state index is 13.0. The van der Waals surface area contributed by atoms with Gasteiger partial charge in [0.15, 0.2) is 6.61 Å². The molecule has 0 saturated carbocycles. The van der Waals surface area contributed by atoms with E-state index >= 15 is 0 Å². The number of nitrogens with one attached hydrogen (secondary N) is 2. The van der Waals surface area contributed by atoms with E-state index in [2.05, 4.69) is 10.6 Å². The van der Waals surface area contributed by atoms with E-state index < -0.39 is 23.4 Å². The van der Waals surface area contributed by atoms with Crippen molar-refractivity contribution >= 4 is 40.9 Å². The quantitative estimate of drug-likeness (QED) is 0.370. The molecule has 2 N–H and O–H groups in total. The highest BCUT2D eigenvalue weighted by atomic mass is 35.5. The minimum absolute atomic E-state index is 0.162. The van der Waals surface area contributed by atoms with E-state index in [0.29, 0.717) is 16.9 Å². The van der Waals surface area contributed by atoms with Crippen molar-refractivity contribution in [1.82, 2.24) is 0 Å². The smallest absolute Gasteiger partial charge is 0.266 e. The zero-order valence-corrected chi connectivity index (χ0v) is 17.7. The fourth-order valence-electron chi connectivity index (χ4n) is 2.64. The largest absolute Gasteiger partial charge is 0.482 e. The van der Waals surface area contributed by atoms with E-state index in [9.17, 15) is 23.6 Å². The number of ether oxygens (including phenoxy) is 1. The Morgan fingerprint density at radius 2 is 1.52 bits per heavy atom. The molecule has 0 fully saturated rings. The molecular weight excluding hydrogens is 452 g/mol. The van der Waals surface area contributed by atoms with Crippen molar-refractivity contribution in [2.24, 2.45) is 0 Å². The van der Waals surface area contributed by atoms with Crippen LogP contribution in [0.1, 0.15) is 5.56 Å². The van der Waals surface area contributed by atoms with Crippen LogP contribution in [0.25, 0.3) is 6.08 Å². The minimum atomic E-state index is -0.668. The summed E-state index contributed by atoms with van der Waals surface area (Å²) in [6, 6.07) is 16.7. The molecule has 0 spiro atoms. The van der Waals surface area contributed by atoms with Gasteiger partial charge in [-0.25, -0.2) is 8.78 Å². The summed E-state index contributed by atoms with van der Waals surface area (Å²) < 4.78 is 31.3. The van der Waals surface area contributed by atoms with Crippen molar-refractivity contribution in [3.05, 3.63) is 94.5 Å². The van der Waals surface area contributed by atoms with Gasteiger partial charge in [-0.1, -0.05) is 17.7 Å². The molecule has 0 aliphatic carbocycles. The predicted molar refractivity (Wildman–Crippen MR) is 121 cm³/mol. The van der Waals surface area contributed by atoms with Gasteiger partial charge in [0.2, 0.25) is 0 Å². The van der Waals surface area contributed by atoms with Crippen molar-refractivity contribution in [1.29, 1.82) is 5.26 Å². The van der Waals surface area contributed by atoms with Crippen LogP contribution in [0.3, 0.4) is 0 Å². The van der Waals surface area contributed by atoms with Crippen LogP contribution >= 0.6 is 11.6 Å². The summed E-state index contributed by atoms with van der Waals surface area (Å²) in [5.41, 5.74) is 1.01. The molecule has 3 aromatic carbocycles. The van der Waals surface area contributed by atoms with Crippen molar-refractivity contribution in [2.75, 3.05) is 17.2 Å². The zero-order valence-electron chi connectivity index (χ0n) is 16.9. The molecule has 0 aliphatic heterocycles. The van der Waals surface area contributed by atoms with E-state index in [4.69, 9.17) is 16.3 Å². The number of hydrogen-bond donors (Lipinski definition) is 2. The second-order valence-corrected chi connectivity index (χ2v) is 7.07. The number of carbonyl (C=O) groups is 2. The lowest BCUT2D eigenvalue weighted by molar-refractivity contribution is -0.118. The van der Waals surface area contributed by atoms with Crippen LogP contribution in [0.4, 0.5) is 20.2 Å². The number of nitriles is 1. The third-order valence-electron chi connectivity index (χ3n) is 4.22. The van der Waals surface area contributed by atoms with Crippen molar-refractivity contribution in [3.8, 4) is 11.8 Å². The molecule has 3 aromatic rings. The number of rotatable bonds is 7. The Kier molecular flexibility index (Phi) is 7.73. The third-order valence-corrected chi connectivity index (χ3v) is 4.52. The van der Waals surface area contributed by atoms with Gasteiger partial charge in [-0.2, -0.15) is 5.26 Å². The summed E-state index contributed by atoms with van der Waals surface area (Å²) in [4.78, 5) is 24.3. The van der Waals surface area contributed by atoms with Gasteiger partial charge in [-0.3, -0.25) is 9.59 Å². The molecule has 0 atom stereocenters. The Hall–Kier alpha value is -4.22. The minimum Gasteiger partial charge on any atom is -0.482 e. The fourth-order valence-corrected chi connectivity index (χ4v) is 2.89. The van der Waals surface area contributed by atoms with E-state index in [1.165, 1.54) is 66.7 Å². The Morgan fingerprint density at radius 3 is 2.06 bits per heavy atom. The molecule has 0 saturated heterocycles. The molecule has 6 nitrogen and oxygen atoms in total. The number of hydrogen-bond acceptors (Lipinski definition) is 4. The molecule has 166 valence electrons. The monoisotopic (exact) mass is 467 g/mol. The summed E-state index contributed by atoms with van der Waals surface area (Å²) >= 11 is 6.19. The summed E-state index contributed by atoms with van der Waals surface area (Å²) in [6.07, 6.45) is 1.33. The maximum absolute atomic E-state index is 13.0. The average molecular weight is 468 g/mol. The number of halogens is 3. The predicted octanol–water partition coefficient (Wildman–Crippen LogP) is 5.18. The van der Waals surface area contributed by atoms with E-state index in [1.54, 1.807) is 6.07 Å². The number of benzene rings is 3. The first-order valence-corrected chi connectivity index (χ1v) is 9.88.